The van der Waals surface area contributed by atoms with Crippen LogP contribution in [-0.4, -0.2) is 22.3 Å². The van der Waals surface area contributed by atoms with Crippen molar-refractivity contribution in [1.29, 1.82) is 0 Å². The van der Waals surface area contributed by atoms with Crippen LogP contribution < -0.4 is 10.5 Å². The molecule has 0 spiro atoms. The third-order valence-electron chi connectivity index (χ3n) is 4.52. The van der Waals surface area contributed by atoms with E-state index in [9.17, 15) is 14.4 Å². The third kappa shape index (κ3) is 3.19. The van der Waals surface area contributed by atoms with Crippen molar-refractivity contribution in [1.82, 2.24) is 5.06 Å². The molecule has 1 fully saturated rings. The van der Waals surface area contributed by atoms with Crippen molar-refractivity contribution in [3.05, 3.63) is 59.9 Å². The number of ether oxygens (including phenoxy) is 1. The van der Waals surface area contributed by atoms with Gasteiger partial charge in [0.15, 0.2) is 0 Å². The molecule has 0 radical (unpaired) electrons. The number of urea groups is 1. The smallest absolute Gasteiger partial charge is 0.338 e. The highest BCUT2D eigenvalue weighted by atomic mass is 19.1. The van der Waals surface area contributed by atoms with Gasteiger partial charge in [0.1, 0.15) is 17.3 Å². The van der Waals surface area contributed by atoms with E-state index in [0.29, 0.717) is 29.4 Å². The normalized spacial score (nSPS) is 22.5. The van der Waals surface area contributed by atoms with E-state index >= 15 is 0 Å². The molecule has 6 heteroatoms. The topological polar surface area (TPSA) is 75.8 Å². The summed E-state index contributed by atoms with van der Waals surface area (Å²) in [6, 6.07) is 12.3. The van der Waals surface area contributed by atoms with Crippen LogP contribution in [0.15, 0.2) is 48.5 Å². The number of carbonyl (C=O) groups excluding carboxylic acids is 1. The lowest BCUT2D eigenvalue weighted by Crippen LogP contribution is -2.54. The van der Waals surface area contributed by atoms with Crippen molar-refractivity contribution >= 4 is 6.03 Å². The van der Waals surface area contributed by atoms with Crippen molar-refractivity contribution in [2.24, 2.45) is 5.73 Å². The molecule has 2 aromatic rings. The summed E-state index contributed by atoms with van der Waals surface area (Å²) in [6.45, 7) is 2.06. The summed E-state index contributed by atoms with van der Waals surface area (Å²) < 4.78 is 18.7. The second kappa shape index (κ2) is 6.13. The number of benzene rings is 2. The molecule has 0 aliphatic heterocycles. The Hall–Kier alpha value is -2.60. The first-order valence-corrected chi connectivity index (χ1v) is 7.69. The first-order chi connectivity index (χ1) is 11.4. The Balaban J connectivity index is 1.72. The van der Waals surface area contributed by atoms with E-state index in [0.717, 1.165) is 5.56 Å². The Morgan fingerprint density at radius 2 is 1.92 bits per heavy atom. The van der Waals surface area contributed by atoms with Crippen LogP contribution in [0.1, 0.15) is 25.3 Å². The van der Waals surface area contributed by atoms with Crippen LogP contribution >= 0.6 is 0 Å². The number of hydroxylamine groups is 2. The SMILES string of the molecule is C[C@]1(c2cccc(Oc3ccc(F)cc3)c2)C[C@H](N(O)C(N)=O)C1. The van der Waals surface area contributed by atoms with E-state index in [1.165, 1.54) is 12.1 Å². The molecule has 2 aromatic carbocycles. The predicted molar refractivity (Wildman–Crippen MR) is 86.5 cm³/mol. The van der Waals surface area contributed by atoms with Crippen molar-refractivity contribution in [2.75, 3.05) is 0 Å². The van der Waals surface area contributed by atoms with Crippen molar-refractivity contribution in [3.63, 3.8) is 0 Å². The zero-order chi connectivity index (χ0) is 17.3. The Kier molecular flexibility index (Phi) is 4.15. The van der Waals surface area contributed by atoms with Gasteiger partial charge in [0.25, 0.3) is 0 Å². The Labute approximate surface area is 139 Å². The summed E-state index contributed by atoms with van der Waals surface area (Å²) in [5, 5.41) is 10.2. The van der Waals surface area contributed by atoms with Crippen molar-refractivity contribution in [3.8, 4) is 11.5 Å². The van der Waals surface area contributed by atoms with Crippen LogP contribution in [0.3, 0.4) is 0 Å². The van der Waals surface area contributed by atoms with E-state index in [4.69, 9.17) is 10.5 Å². The molecule has 0 atom stereocenters. The summed E-state index contributed by atoms with van der Waals surface area (Å²) in [7, 11) is 0. The van der Waals surface area contributed by atoms with Crippen LogP contribution in [0.2, 0.25) is 0 Å². The zero-order valence-electron chi connectivity index (χ0n) is 13.3. The van der Waals surface area contributed by atoms with E-state index in [2.05, 4.69) is 6.92 Å². The third-order valence-corrected chi connectivity index (χ3v) is 4.52. The minimum atomic E-state index is -0.838. The van der Waals surface area contributed by atoms with Gasteiger partial charge in [-0.3, -0.25) is 5.21 Å². The Morgan fingerprint density at radius 1 is 1.25 bits per heavy atom. The van der Waals surface area contributed by atoms with E-state index < -0.39 is 6.03 Å². The van der Waals surface area contributed by atoms with Gasteiger partial charge < -0.3 is 10.5 Å². The fourth-order valence-corrected chi connectivity index (χ4v) is 3.14. The number of nitrogens with zero attached hydrogens (tertiary/aromatic N) is 1. The standard InChI is InChI=1S/C18H19FN2O3/c1-18(10-14(11-18)21(23)17(20)22)12-3-2-4-16(9-12)24-15-7-5-13(19)6-8-15/h2-9,14,23H,10-11H2,1H3,(H2,20,22)/t14-,18-. The van der Waals surface area contributed by atoms with Gasteiger partial charge in [-0.2, -0.15) is 0 Å². The molecule has 126 valence electrons. The van der Waals surface area contributed by atoms with Crippen LogP contribution in [0.25, 0.3) is 0 Å². The molecule has 0 aromatic heterocycles. The van der Waals surface area contributed by atoms with Gasteiger partial charge in [-0.25, -0.2) is 14.2 Å². The lowest BCUT2D eigenvalue weighted by atomic mass is 9.63. The van der Waals surface area contributed by atoms with Crippen molar-refractivity contribution < 1.29 is 19.1 Å². The van der Waals surface area contributed by atoms with Crippen molar-refractivity contribution in [2.45, 2.75) is 31.2 Å². The number of carbonyl (C=O) groups is 1. The molecule has 3 rings (SSSR count). The highest BCUT2D eigenvalue weighted by Crippen LogP contribution is 2.46. The number of amides is 2. The second-order valence-corrected chi connectivity index (χ2v) is 6.39. The largest absolute Gasteiger partial charge is 0.457 e. The van der Waals surface area contributed by atoms with Gasteiger partial charge in [0, 0.05) is 0 Å². The van der Waals surface area contributed by atoms with Gasteiger partial charge in [-0.1, -0.05) is 19.1 Å². The fourth-order valence-electron chi connectivity index (χ4n) is 3.14. The molecule has 0 bridgehead atoms. The predicted octanol–water partition coefficient (Wildman–Crippen LogP) is 3.81. The number of primary amides is 1. The number of hydrogen-bond donors (Lipinski definition) is 2. The van der Waals surface area contributed by atoms with Gasteiger partial charge in [-0.15, -0.1) is 0 Å². The molecule has 2 amide bonds. The molecule has 0 saturated heterocycles. The average Bonchev–Trinajstić information content (AvgIpc) is 2.53. The molecule has 3 N–H and O–H groups in total. The minimum Gasteiger partial charge on any atom is -0.457 e. The molecule has 24 heavy (non-hydrogen) atoms. The highest BCUT2D eigenvalue weighted by molar-refractivity contribution is 5.71. The van der Waals surface area contributed by atoms with E-state index in [1.54, 1.807) is 12.1 Å². The molecule has 0 unspecified atom stereocenters. The first kappa shape index (κ1) is 16.3. The molecular formula is C18H19FN2O3. The Morgan fingerprint density at radius 3 is 2.54 bits per heavy atom. The number of hydrogen-bond acceptors (Lipinski definition) is 3. The van der Waals surface area contributed by atoms with Gasteiger partial charge in [0.2, 0.25) is 0 Å². The fraction of sp³-hybridized carbons (Fsp3) is 0.278. The minimum absolute atomic E-state index is 0.163. The highest BCUT2D eigenvalue weighted by Gasteiger charge is 2.45. The van der Waals surface area contributed by atoms with Gasteiger partial charge in [0.05, 0.1) is 6.04 Å². The summed E-state index contributed by atoms with van der Waals surface area (Å²) >= 11 is 0. The molecular weight excluding hydrogens is 311 g/mol. The maximum Gasteiger partial charge on any atom is 0.338 e. The first-order valence-electron chi connectivity index (χ1n) is 7.69. The lowest BCUT2D eigenvalue weighted by Gasteiger charge is -2.47. The molecule has 1 saturated carbocycles. The van der Waals surface area contributed by atoms with E-state index in [-0.39, 0.29) is 17.3 Å². The zero-order valence-corrected chi connectivity index (χ0v) is 13.3. The maximum atomic E-state index is 12.9. The maximum absolute atomic E-state index is 12.9. The molecule has 1 aliphatic carbocycles. The van der Waals surface area contributed by atoms with E-state index in [1.807, 2.05) is 24.3 Å². The summed E-state index contributed by atoms with van der Waals surface area (Å²) in [6.07, 6.45) is 1.24. The number of halogens is 1. The summed E-state index contributed by atoms with van der Waals surface area (Å²) in [4.78, 5) is 11.0. The van der Waals surface area contributed by atoms with Crippen LogP contribution in [0, 0.1) is 5.82 Å². The summed E-state index contributed by atoms with van der Waals surface area (Å²) in [5.74, 6) is 0.895. The van der Waals surface area contributed by atoms with Gasteiger partial charge in [-0.05, 0) is 60.2 Å². The number of rotatable bonds is 4. The quantitative estimate of drug-likeness (QED) is 0.661. The summed E-state index contributed by atoms with van der Waals surface area (Å²) in [5.41, 5.74) is 5.97. The van der Waals surface area contributed by atoms with Crippen LogP contribution in [0.4, 0.5) is 9.18 Å². The monoisotopic (exact) mass is 330 g/mol. The Bertz CT molecular complexity index is 742. The second-order valence-electron chi connectivity index (χ2n) is 6.39. The molecule has 0 heterocycles. The molecule has 5 nitrogen and oxygen atoms in total. The molecule has 1 aliphatic rings. The van der Waals surface area contributed by atoms with Crippen LogP contribution in [-0.2, 0) is 5.41 Å². The average molecular weight is 330 g/mol. The number of nitrogens with two attached hydrogens (primary N) is 1. The van der Waals surface area contributed by atoms with Crippen LogP contribution in [0.5, 0.6) is 11.5 Å². The van der Waals surface area contributed by atoms with Gasteiger partial charge >= 0.3 is 6.03 Å². The lowest BCUT2D eigenvalue weighted by molar-refractivity contribution is -0.115.